The Balaban J connectivity index is 1.59. The van der Waals surface area contributed by atoms with Gasteiger partial charge < -0.3 is 15.5 Å². The summed E-state index contributed by atoms with van der Waals surface area (Å²) in [4.78, 5) is 29.8. The van der Waals surface area contributed by atoms with E-state index in [0.29, 0.717) is 24.9 Å². The predicted octanol–water partition coefficient (Wildman–Crippen LogP) is 1.14. The van der Waals surface area contributed by atoms with Crippen LogP contribution in [0.2, 0.25) is 0 Å². The Morgan fingerprint density at radius 1 is 1.30 bits per heavy atom. The van der Waals surface area contributed by atoms with Crippen molar-refractivity contribution in [3.05, 3.63) is 28.8 Å². The maximum atomic E-state index is 12.8. The van der Waals surface area contributed by atoms with Gasteiger partial charge in [-0.05, 0) is 18.9 Å². The van der Waals surface area contributed by atoms with E-state index in [4.69, 9.17) is 5.73 Å². The lowest BCUT2D eigenvalue weighted by Crippen LogP contribution is -2.47. The standard InChI is InChI=1S/C15H18N6OS/c16-13-3-4-17-15(19-13)20-5-10-1-2-12(7-20)21(14(10)22)6-11-8-23-9-18-11/h3-4,8-10,12H,1-2,5-7H2,(H2,16,17,19)/t10-,12+/m1/s1. The maximum Gasteiger partial charge on any atom is 0.228 e. The minimum Gasteiger partial charge on any atom is -0.384 e. The summed E-state index contributed by atoms with van der Waals surface area (Å²) in [6.07, 6.45) is 3.61. The number of carbonyl (C=O) groups is 1. The monoisotopic (exact) mass is 330 g/mol. The van der Waals surface area contributed by atoms with Crippen LogP contribution in [0.15, 0.2) is 23.2 Å². The van der Waals surface area contributed by atoms with Crippen LogP contribution in [0.4, 0.5) is 11.8 Å². The van der Waals surface area contributed by atoms with Crippen LogP contribution in [-0.2, 0) is 11.3 Å². The van der Waals surface area contributed by atoms with Gasteiger partial charge in [0.1, 0.15) is 5.82 Å². The van der Waals surface area contributed by atoms with Gasteiger partial charge in [-0.3, -0.25) is 4.79 Å². The van der Waals surface area contributed by atoms with Crippen molar-refractivity contribution in [2.24, 2.45) is 5.92 Å². The highest BCUT2D eigenvalue weighted by Gasteiger charge is 2.41. The zero-order chi connectivity index (χ0) is 15.8. The molecule has 3 fully saturated rings. The number of hydrogen-bond acceptors (Lipinski definition) is 7. The van der Waals surface area contributed by atoms with E-state index in [1.807, 2.05) is 15.8 Å². The Bertz CT molecular complexity index is 706. The van der Waals surface area contributed by atoms with Crippen molar-refractivity contribution in [3.63, 3.8) is 0 Å². The molecule has 0 saturated carbocycles. The SMILES string of the molecule is Nc1ccnc(N2C[C@H]3CC[C@@H](C2)N(Cc2cscn2)C3=O)n1. The molecule has 0 aliphatic carbocycles. The van der Waals surface area contributed by atoms with Gasteiger partial charge in [0, 0.05) is 30.7 Å². The van der Waals surface area contributed by atoms with Crippen molar-refractivity contribution in [3.8, 4) is 0 Å². The number of rotatable bonds is 3. The number of nitrogens with two attached hydrogens (primary N) is 1. The first-order valence-corrected chi connectivity index (χ1v) is 8.66. The van der Waals surface area contributed by atoms with Crippen molar-refractivity contribution < 1.29 is 4.79 Å². The molecule has 2 aromatic rings. The second-order valence-electron chi connectivity index (χ2n) is 6.06. The highest BCUT2D eigenvalue weighted by atomic mass is 32.1. The first-order chi connectivity index (χ1) is 11.2. The molecule has 3 aliphatic heterocycles. The maximum absolute atomic E-state index is 12.8. The number of nitrogen functional groups attached to an aromatic ring is 1. The summed E-state index contributed by atoms with van der Waals surface area (Å²) in [7, 11) is 0. The highest BCUT2D eigenvalue weighted by molar-refractivity contribution is 7.07. The van der Waals surface area contributed by atoms with Crippen LogP contribution >= 0.6 is 11.3 Å². The van der Waals surface area contributed by atoms with Crippen LogP contribution < -0.4 is 10.6 Å². The summed E-state index contributed by atoms with van der Waals surface area (Å²) in [5, 5.41) is 2.00. The van der Waals surface area contributed by atoms with Gasteiger partial charge in [0.15, 0.2) is 0 Å². The second-order valence-corrected chi connectivity index (χ2v) is 6.78. The number of hydrogen-bond donors (Lipinski definition) is 1. The van der Waals surface area contributed by atoms with Crippen LogP contribution in [0, 0.1) is 5.92 Å². The number of carbonyl (C=O) groups excluding carboxylic acids is 1. The van der Waals surface area contributed by atoms with Crippen LogP contribution in [-0.4, -0.2) is 44.9 Å². The lowest BCUT2D eigenvalue weighted by atomic mass is 9.94. The average molecular weight is 330 g/mol. The molecule has 0 aromatic carbocycles. The summed E-state index contributed by atoms with van der Waals surface area (Å²) in [5.74, 6) is 1.29. The molecule has 23 heavy (non-hydrogen) atoms. The lowest BCUT2D eigenvalue weighted by Gasteiger charge is -2.35. The first-order valence-electron chi connectivity index (χ1n) is 7.72. The quantitative estimate of drug-likeness (QED) is 0.908. The number of nitrogens with zero attached hydrogens (tertiary/aromatic N) is 5. The van der Waals surface area contributed by atoms with Gasteiger partial charge in [-0.15, -0.1) is 11.3 Å². The number of anilines is 2. The Hall–Kier alpha value is -2.22. The van der Waals surface area contributed by atoms with E-state index in [0.717, 1.165) is 25.1 Å². The summed E-state index contributed by atoms with van der Waals surface area (Å²) < 4.78 is 0. The molecule has 120 valence electrons. The smallest absolute Gasteiger partial charge is 0.228 e. The van der Waals surface area contributed by atoms with E-state index < -0.39 is 0 Å². The van der Waals surface area contributed by atoms with Gasteiger partial charge in [0.25, 0.3) is 0 Å². The number of piperidine rings is 1. The van der Waals surface area contributed by atoms with Crippen LogP contribution in [0.3, 0.4) is 0 Å². The molecule has 1 amide bonds. The number of thiazole rings is 1. The molecule has 8 heteroatoms. The average Bonchev–Trinajstić information content (AvgIpc) is 2.91. The van der Waals surface area contributed by atoms with E-state index in [1.54, 1.807) is 23.6 Å². The van der Waals surface area contributed by atoms with Crippen molar-refractivity contribution in [2.45, 2.75) is 25.4 Å². The molecule has 3 aliphatic rings. The van der Waals surface area contributed by atoms with Crippen molar-refractivity contribution in [1.29, 1.82) is 0 Å². The summed E-state index contributed by atoms with van der Waals surface area (Å²) in [6.45, 7) is 2.00. The summed E-state index contributed by atoms with van der Waals surface area (Å²) >= 11 is 1.56. The summed E-state index contributed by atoms with van der Waals surface area (Å²) in [6, 6.07) is 1.85. The molecule has 5 rings (SSSR count). The van der Waals surface area contributed by atoms with Gasteiger partial charge in [-0.25, -0.2) is 9.97 Å². The number of aromatic nitrogens is 3. The number of amides is 1. The fraction of sp³-hybridized carbons (Fsp3) is 0.467. The van der Waals surface area contributed by atoms with E-state index in [2.05, 4.69) is 19.9 Å². The zero-order valence-corrected chi connectivity index (χ0v) is 13.4. The fourth-order valence-electron chi connectivity index (χ4n) is 3.42. The molecule has 5 heterocycles. The van der Waals surface area contributed by atoms with Gasteiger partial charge >= 0.3 is 0 Å². The van der Waals surface area contributed by atoms with Crippen molar-refractivity contribution in [1.82, 2.24) is 19.9 Å². The molecule has 2 atom stereocenters. The van der Waals surface area contributed by atoms with E-state index in [9.17, 15) is 4.79 Å². The Labute approximate surface area is 138 Å². The fourth-order valence-corrected chi connectivity index (χ4v) is 3.97. The third-order valence-electron chi connectivity index (χ3n) is 4.56. The Morgan fingerprint density at radius 2 is 2.22 bits per heavy atom. The third-order valence-corrected chi connectivity index (χ3v) is 5.19. The first kappa shape index (κ1) is 14.4. The molecule has 0 unspecified atom stereocenters. The van der Waals surface area contributed by atoms with Crippen LogP contribution in [0.25, 0.3) is 0 Å². The highest BCUT2D eigenvalue weighted by Crippen LogP contribution is 2.31. The van der Waals surface area contributed by atoms with Crippen LogP contribution in [0.5, 0.6) is 0 Å². The molecule has 7 nitrogen and oxygen atoms in total. The molecule has 0 spiro atoms. The van der Waals surface area contributed by atoms with Crippen molar-refractivity contribution >= 4 is 29.0 Å². The molecule has 2 bridgehead atoms. The van der Waals surface area contributed by atoms with Crippen molar-refractivity contribution in [2.75, 3.05) is 23.7 Å². The minimum atomic E-state index is -0.00239. The summed E-state index contributed by atoms with van der Waals surface area (Å²) in [5.41, 5.74) is 8.54. The molecule has 3 saturated heterocycles. The molecular weight excluding hydrogens is 312 g/mol. The van der Waals surface area contributed by atoms with E-state index >= 15 is 0 Å². The van der Waals surface area contributed by atoms with Gasteiger partial charge in [0.05, 0.1) is 23.7 Å². The Morgan fingerprint density at radius 3 is 3.00 bits per heavy atom. The topological polar surface area (TPSA) is 88.2 Å². The zero-order valence-electron chi connectivity index (χ0n) is 12.6. The van der Waals surface area contributed by atoms with Gasteiger partial charge in [-0.2, -0.15) is 4.98 Å². The van der Waals surface area contributed by atoms with Gasteiger partial charge in [0.2, 0.25) is 11.9 Å². The third kappa shape index (κ3) is 2.74. The predicted molar refractivity (Wildman–Crippen MR) is 87.8 cm³/mol. The second kappa shape index (κ2) is 5.77. The number of fused-ring (bicyclic) bond motifs is 4. The minimum absolute atomic E-state index is 0.00239. The van der Waals surface area contributed by atoms with E-state index in [1.165, 1.54) is 0 Å². The normalized spacial score (nSPS) is 24.1. The molecular formula is C15H18N6OS. The molecule has 2 N–H and O–H groups in total. The Kier molecular flexibility index (Phi) is 3.60. The largest absolute Gasteiger partial charge is 0.384 e. The molecule has 2 aromatic heterocycles. The lowest BCUT2D eigenvalue weighted by molar-refractivity contribution is -0.140. The van der Waals surface area contributed by atoms with E-state index in [-0.39, 0.29) is 17.9 Å². The van der Waals surface area contributed by atoms with Gasteiger partial charge in [-0.1, -0.05) is 0 Å². The van der Waals surface area contributed by atoms with Crippen LogP contribution in [0.1, 0.15) is 18.5 Å². The molecule has 0 radical (unpaired) electrons.